The third-order valence-corrected chi connectivity index (χ3v) is 7.54. The van der Waals surface area contributed by atoms with E-state index in [9.17, 15) is 14.7 Å². The molecule has 4 N–H and O–H groups in total. The lowest BCUT2D eigenvalue weighted by Crippen LogP contribution is -2.42. The quantitative estimate of drug-likeness (QED) is 0.167. The van der Waals surface area contributed by atoms with Crippen molar-refractivity contribution in [3.63, 3.8) is 0 Å². The minimum atomic E-state index is -0.612. The van der Waals surface area contributed by atoms with Gasteiger partial charge in [0.15, 0.2) is 6.29 Å². The van der Waals surface area contributed by atoms with Crippen molar-refractivity contribution in [3.8, 4) is 0 Å². The number of nitrogens with one attached hydrogen (secondary N) is 2. The number of carbonyl (C=O) groups excluding carboxylic acids is 2. The molecule has 2 fully saturated rings. The maximum absolute atomic E-state index is 12.5. The Morgan fingerprint density at radius 3 is 2.55 bits per heavy atom. The number of hydroxylamine groups is 1. The van der Waals surface area contributed by atoms with Crippen LogP contribution in [-0.4, -0.2) is 66.0 Å². The smallest absolute Gasteiger partial charge is 0.243 e. The highest BCUT2D eigenvalue weighted by Gasteiger charge is 2.35. The van der Waals surface area contributed by atoms with Crippen LogP contribution < -0.4 is 10.8 Å². The van der Waals surface area contributed by atoms with Gasteiger partial charge in [-0.15, -0.1) is 0 Å². The van der Waals surface area contributed by atoms with E-state index in [0.29, 0.717) is 37.6 Å². The number of carbonyl (C=O) groups is 2. The van der Waals surface area contributed by atoms with E-state index >= 15 is 0 Å². The summed E-state index contributed by atoms with van der Waals surface area (Å²) in [6, 6.07) is 15.7. The van der Waals surface area contributed by atoms with Crippen LogP contribution in [0.5, 0.6) is 0 Å². The van der Waals surface area contributed by atoms with Crippen molar-refractivity contribution >= 4 is 17.5 Å². The van der Waals surface area contributed by atoms with Crippen molar-refractivity contribution < 1.29 is 34.1 Å². The van der Waals surface area contributed by atoms with Gasteiger partial charge in [-0.05, 0) is 55.5 Å². The number of unbranched alkanes of at least 4 members (excludes halogenated alkanes) is 1. The summed E-state index contributed by atoms with van der Waals surface area (Å²) in [4.78, 5) is 26.1. The van der Waals surface area contributed by atoms with E-state index in [-0.39, 0.29) is 37.6 Å². The molecule has 0 bridgehead atoms. The topological polar surface area (TPSA) is 130 Å². The SMILES string of the molecule is COCC1CCCN1CC1CC(c2ccc(CO)cc2)OC(c2cccc(NC(=O)CCCCC(=O)NO)c2)O1. The van der Waals surface area contributed by atoms with Crippen molar-refractivity contribution in [3.05, 3.63) is 65.2 Å². The first-order chi connectivity index (χ1) is 19.5. The summed E-state index contributed by atoms with van der Waals surface area (Å²) in [6.45, 7) is 2.49. The molecule has 0 saturated carbocycles. The molecule has 2 saturated heterocycles. The number of likely N-dealkylation sites (tertiary alicyclic amines) is 1. The predicted octanol–water partition coefficient (Wildman–Crippen LogP) is 3.84. The van der Waals surface area contributed by atoms with E-state index in [2.05, 4.69) is 10.2 Å². The standard InChI is InChI=1S/C30H41N3O7/c1-38-20-25-8-5-15-33(25)18-26-17-27(22-13-11-21(19-34)12-14-22)40-30(39-26)23-6-4-7-24(16-23)31-28(35)9-2-3-10-29(36)32-37/h4,6-7,11-14,16,25-27,30,34,37H,2-3,5,8-10,15,17-20H2,1H3,(H,31,35)(H,32,36). The molecule has 10 nitrogen and oxygen atoms in total. The summed E-state index contributed by atoms with van der Waals surface area (Å²) in [6.07, 6.45) is 3.58. The van der Waals surface area contributed by atoms with Gasteiger partial charge in [-0.1, -0.05) is 36.4 Å². The van der Waals surface area contributed by atoms with Crippen molar-refractivity contribution in [1.29, 1.82) is 0 Å². The Kier molecular flexibility index (Phi) is 11.5. The zero-order chi connectivity index (χ0) is 28.3. The van der Waals surface area contributed by atoms with Crippen LogP contribution in [0.2, 0.25) is 0 Å². The van der Waals surface area contributed by atoms with Gasteiger partial charge in [0.05, 0.1) is 25.4 Å². The first-order valence-corrected chi connectivity index (χ1v) is 14.1. The average Bonchev–Trinajstić information content (AvgIpc) is 3.41. The molecule has 0 radical (unpaired) electrons. The highest BCUT2D eigenvalue weighted by molar-refractivity contribution is 5.90. The number of anilines is 1. The summed E-state index contributed by atoms with van der Waals surface area (Å²) < 4.78 is 18.4. The van der Waals surface area contributed by atoms with Crippen molar-refractivity contribution in [2.75, 3.05) is 32.1 Å². The van der Waals surface area contributed by atoms with E-state index in [1.54, 1.807) is 12.6 Å². The zero-order valence-corrected chi connectivity index (χ0v) is 23.1. The number of amides is 2. The Hall–Kier alpha value is -2.86. The van der Waals surface area contributed by atoms with Crippen molar-refractivity contribution in [2.24, 2.45) is 0 Å². The Labute approximate surface area is 235 Å². The highest BCUT2D eigenvalue weighted by Crippen LogP contribution is 2.39. The molecule has 2 aromatic rings. The minimum absolute atomic E-state index is 0.00742. The summed E-state index contributed by atoms with van der Waals surface area (Å²) in [5.41, 5.74) is 4.94. The molecule has 2 amide bonds. The van der Waals surface area contributed by atoms with E-state index in [0.717, 1.165) is 42.6 Å². The molecular formula is C30H41N3O7. The molecule has 0 aliphatic carbocycles. The molecule has 218 valence electrons. The van der Waals surface area contributed by atoms with Gasteiger partial charge in [-0.2, -0.15) is 0 Å². The van der Waals surface area contributed by atoms with Gasteiger partial charge in [-0.25, -0.2) is 5.48 Å². The van der Waals surface area contributed by atoms with Crippen LogP contribution in [0.3, 0.4) is 0 Å². The van der Waals surface area contributed by atoms with Crippen LogP contribution in [0, 0.1) is 0 Å². The van der Waals surface area contributed by atoms with Crippen molar-refractivity contribution in [2.45, 2.75) is 76.1 Å². The van der Waals surface area contributed by atoms with Crippen LogP contribution in [0.15, 0.2) is 48.5 Å². The summed E-state index contributed by atoms with van der Waals surface area (Å²) in [5.74, 6) is -0.606. The molecule has 4 unspecified atom stereocenters. The number of aliphatic hydroxyl groups is 1. The lowest BCUT2D eigenvalue weighted by atomic mass is 9.99. The maximum Gasteiger partial charge on any atom is 0.243 e. The van der Waals surface area contributed by atoms with Crippen molar-refractivity contribution in [1.82, 2.24) is 10.4 Å². The Morgan fingerprint density at radius 2 is 1.82 bits per heavy atom. The monoisotopic (exact) mass is 555 g/mol. The van der Waals surface area contributed by atoms with Gasteiger partial charge >= 0.3 is 0 Å². The van der Waals surface area contributed by atoms with E-state index in [4.69, 9.17) is 19.4 Å². The second kappa shape index (κ2) is 15.2. The summed E-state index contributed by atoms with van der Waals surface area (Å²) in [5, 5.41) is 21.0. The van der Waals surface area contributed by atoms with Gasteiger partial charge in [0.25, 0.3) is 0 Å². The first-order valence-electron chi connectivity index (χ1n) is 14.1. The number of nitrogens with zero attached hydrogens (tertiary/aromatic N) is 1. The molecular weight excluding hydrogens is 514 g/mol. The minimum Gasteiger partial charge on any atom is -0.392 e. The number of aliphatic hydroxyl groups excluding tert-OH is 1. The van der Waals surface area contributed by atoms with Gasteiger partial charge < -0.3 is 24.6 Å². The first kappa shape index (κ1) is 30.1. The molecule has 2 aromatic carbocycles. The average molecular weight is 556 g/mol. The number of benzene rings is 2. The van der Waals surface area contributed by atoms with E-state index < -0.39 is 12.2 Å². The Morgan fingerprint density at radius 1 is 1.05 bits per heavy atom. The number of rotatable bonds is 13. The molecule has 10 heteroatoms. The van der Waals surface area contributed by atoms with E-state index in [1.165, 1.54) is 0 Å². The molecule has 2 heterocycles. The normalized spacial score (nSPS) is 23.2. The lowest BCUT2D eigenvalue weighted by Gasteiger charge is -2.39. The zero-order valence-electron chi connectivity index (χ0n) is 23.1. The second-order valence-corrected chi connectivity index (χ2v) is 10.5. The maximum atomic E-state index is 12.5. The molecule has 4 atom stereocenters. The molecule has 2 aliphatic rings. The molecule has 40 heavy (non-hydrogen) atoms. The van der Waals surface area contributed by atoms with Gasteiger partial charge in [0, 0.05) is 50.2 Å². The molecule has 0 spiro atoms. The third-order valence-electron chi connectivity index (χ3n) is 7.54. The fraction of sp³-hybridized carbons (Fsp3) is 0.533. The molecule has 0 aromatic heterocycles. The van der Waals surface area contributed by atoms with Gasteiger partial charge in [-0.3, -0.25) is 19.7 Å². The van der Waals surface area contributed by atoms with Crippen LogP contribution in [0.4, 0.5) is 5.69 Å². The van der Waals surface area contributed by atoms with Crippen LogP contribution in [0.25, 0.3) is 0 Å². The van der Waals surface area contributed by atoms with E-state index in [1.807, 2.05) is 48.5 Å². The Bertz CT molecular complexity index is 1100. The number of hydrogen-bond donors (Lipinski definition) is 4. The van der Waals surface area contributed by atoms with Crippen LogP contribution in [-0.2, 0) is 30.4 Å². The number of ether oxygens (including phenoxy) is 3. The fourth-order valence-corrected chi connectivity index (χ4v) is 5.42. The summed E-state index contributed by atoms with van der Waals surface area (Å²) >= 11 is 0. The molecule has 2 aliphatic heterocycles. The second-order valence-electron chi connectivity index (χ2n) is 10.5. The lowest BCUT2D eigenvalue weighted by molar-refractivity contribution is -0.253. The van der Waals surface area contributed by atoms with Gasteiger partial charge in [0.1, 0.15) is 0 Å². The van der Waals surface area contributed by atoms with Crippen LogP contribution >= 0.6 is 0 Å². The van der Waals surface area contributed by atoms with Gasteiger partial charge in [0.2, 0.25) is 11.8 Å². The predicted molar refractivity (Wildman–Crippen MR) is 148 cm³/mol. The number of hydrogen-bond acceptors (Lipinski definition) is 8. The highest BCUT2D eigenvalue weighted by atomic mass is 16.7. The molecule has 4 rings (SSSR count). The third kappa shape index (κ3) is 8.57. The largest absolute Gasteiger partial charge is 0.392 e. The van der Waals surface area contributed by atoms with Crippen LogP contribution in [0.1, 0.15) is 74.0 Å². The fourth-order valence-electron chi connectivity index (χ4n) is 5.42. The summed E-state index contributed by atoms with van der Waals surface area (Å²) in [7, 11) is 1.74. The Balaban J connectivity index is 1.44. The number of methoxy groups -OCH3 is 1.